The standard InChI is InChI=1S/C34H31BrFN3O3/c1-5-41-32-16-22(4)29(18-28(32)21(2)3)33-38-30-9-7-6-8-27(30)34(40)39(33)37-19-24-17-25(35)12-15-31(24)42-20-23-10-13-26(36)14-11-23/h6-19,21H,5,20H2,1-4H3. The van der Waals surface area contributed by atoms with Crippen molar-refractivity contribution in [2.75, 3.05) is 6.61 Å². The van der Waals surface area contributed by atoms with E-state index in [1.807, 2.05) is 62.4 Å². The van der Waals surface area contributed by atoms with Crippen molar-refractivity contribution in [3.8, 4) is 22.9 Å². The molecule has 4 aromatic carbocycles. The molecule has 0 atom stereocenters. The summed E-state index contributed by atoms with van der Waals surface area (Å²) in [6, 6.07) is 23.0. The van der Waals surface area contributed by atoms with Crippen molar-refractivity contribution in [3.05, 3.63) is 122 Å². The molecule has 0 bridgehead atoms. The van der Waals surface area contributed by atoms with Gasteiger partial charge in [0, 0.05) is 15.6 Å². The summed E-state index contributed by atoms with van der Waals surface area (Å²) in [7, 11) is 0. The second kappa shape index (κ2) is 12.7. The van der Waals surface area contributed by atoms with Gasteiger partial charge in [-0.3, -0.25) is 4.79 Å². The van der Waals surface area contributed by atoms with Gasteiger partial charge < -0.3 is 9.47 Å². The van der Waals surface area contributed by atoms with E-state index < -0.39 is 0 Å². The average Bonchev–Trinajstić information content (AvgIpc) is 2.97. The molecule has 1 heterocycles. The minimum Gasteiger partial charge on any atom is -0.494 e. The highest BCUT2D eigenvalue weighted by Crippen LogP contribution is 2.34. The second-order valence-electron chi connectivity index (χ2n) is 10.2. The molecule has 0 aliphatic rings. The first kappa shape index (κ1) is 29.2. The Kier molecular flexibility index (Phi) is 8.83. The number of nitrogens with zero attached hydrogens (tertiary/aromatic N) is 3. The molecule has 0 saturated heterocycles. The third-order valence-corrected chi connectivity index (χ3v) is 7.36. The first-order valence-electron chi connectivity index (χ1n) is 13.8. The fraction of sp³-hybridized carbons (Fsp3) is 0.206. The Morgan fingerprint density at radius 1 is 1.00 bits per heavy atom. The van der Waals surface area contributed by atoms with E-state index in [-0.39, 0.29) is 23.9 Å². The van der Waals surface area contributed by atoms with E-state index in [1.54, 1.807) is 24.4 Å². The van der Waals surface area contributed by atoms with E-state index in [4.69, 9.17) is 14.5 Å². The molecule has 5 rings (SSSR count). The van der Waals surface area contributed by atoms with Crippen LogP contribution < -0.4 is 15.0 Å². The number of fused-ring (bicyclic) bond motifs is 1. The van der Waals surface area contributed by atoms with Crippen LogP contribution in [0.25, 0.3) is 22.3 Å². The van der Waals surface area contributed by atoms with Crippen LogP contribution in [0.4, 0.5) is 4.39 Å². The van der Waals surface area contributed by atoms with Crippen LogP contribution in [-0.4, -0.2) is 22.5 Å². The van der Waals surface area contributed by atoms with Crippen LogP contribution in [0.3, 0.4) is 0 Å². The summed E-state index contributed by atoms with van der Waals surface area (Å²) in [6.07, 6.45) is 1.60. The Balaban J connectivity index is 1.63. The van der Waals surface area contributed by atoms with E-state index >= 15 is 0 Å². The summed E-state index contributed by atoms with van der Waals surface area (Å²) in [6.45, 7) is 8.96. The lowest BCUT2D eigenvalue weighted by atomic mass is 9.96. The van der Waals surface area contributed by atoms with E-state index in [0.29, 0.717) is 34.6 Å². The molecule has 42 heavy (non-hydrogen) atoms. The summed E-state index contributed by atoms with van der Waals surface area (Å²) in [5, 5.41) is 5.15. The van der Waals surface area contributed by atoms with Crippen molar-refractivity contribution < 1.29 is 13.9 Å². The molecule has 1 aromatic heterocycles. The van der Waals surface area contributed by atoms with Crippen LogP contribution in [0.1, 0.15) is 48.9 Å². The third kappa shape index (κ3) is 6.29. The second-order valence-corrected chi connectivity index (χ2v) is 11.1. The van der Waals surface area contributed by atoms with Crippen LogP contribution in [0, 0.1) is 12.7 Å². The number of hydrogen-bond acceptors (Lipinski definition) is 5. The van der Waals surface area contributed by atoms with Gasteiger partial charge in [-0.05, 0) is 91.1 Å². The minimum absolute atomic E-state index is 0.192. The molecule has 0 aliphatic carbocycles. The van der Waals surface area contributed by atoms with Crippen LogP contribution in [0.5, 0.6) is 11.5 Å². The van der Waals surface area contributed by atoms with Crippen molar-refractivity contribution in [2.24, 2.45) is 5.10 Å². The van der Waals surface area contributed by atoms with Gasteiger partial charge in [0.25, 0.3) is 5.56 Å². The van der Waals surface area contributed by atoms with Gasteiger partial charge in [0.15, 0.2) is 5.82 Å². The summed E-state index contributed by atoms with van der Waals surface area (Å²) < 4.78 is 27.5. The lowest BCUT2D eigenvalue weighted by Crippen LogP contribution is -2.21. The molecule has 8 heteroatoms. The number of rotatable bonds is 9. The van der Waals surface area contributed by atoms with Gasteiger partial charge in [-0.15, -0.1) is 0 Å². The molecular weight excluding hydrogens is 597 g/mol. The fourth-order valence-corrected chi connectivity index (χ4v) is 5.07. The van der Waals surface area contributed by atoms with E-state index in [9.17, 15) is 9.18 Å². The van der Waals surface area contributed by atoms with Gasteiger partial charge >= 0.3 is 0 Å². The maximum Gasteiger partial charge on any atom is 0.282 e. The molecule has 214 valence electrons. The molecule has 0 N–H and O–H groups in total. The zero-order chi connectivity index (χ0) is 29.8. The Hall–Kier alpha value is -4.30. The number of para-hydroxylation sites is 1. The summed E-state index contributed by atoms with van der Waals surface area (Å²) in [5.74, 6) is 1.71. The summed E-state index contributed by atoms with van der Waals surface area (Å²) in [5.41, 5.74) is 4.53. The van der Waals surface area contributed by atoms with Crippen LogP contribution in [0.15, 0.2) is 93.2 Å². The lowest BCUT2D eigenvalue weighted by molar-refractivity contribution is 0.305. The Bertz CT molecular complexity index is 1830. The number of ether oxygens (including phenoxy) is 2. The number of aromatic nitrogens is 2. The van der Waals surface area contributed by atoms with Crippen molar-refractivity contribution in [1.82, 2.24) is 9.66 Å². The molecule has 0 spiro atoms. The molecule has 6 nitrogen and oxygen atoms in total. The minimum atomic E-state index is -0.302. The molecule has 0 radical (unpaired) electrons. The predicted octanol–water partition coefficient (Wildman–Crippen LogP) is 8.26. The maximum atomic E-state index is 13.8. The molecule has 0 aliphatic heterocycles. The highest BCUT2D eigenvalue weighted by molar-refractivity contribution is 9.10. The smallest absolute Gasteiger partial charge is 0.282 e. The largest absolute Gasteiger partial charge is 0.494 e. The van der Waals surface area contributed by atoms with Crippen molar-refractivity contribution >= 4 is 33.0 Å². The van der Waals surface area contributed by atoms with Crippen molar-refractivity contribution in [2.45, 2.75) is 40.2 Å². The van der Waals surface area contributed by atoms with Crippen molar-refractivity contribution in [3.63, 3.8) is 0 Å². The SMILES string of the molecule is CCOc1cc(C)c(-c2nc3ccccc3c(=O)n2N=Cc2cc(Br)ccc2OCc2ccc(F)cc2)cc1C(C)C. The normalized spacial score (nSPS) is 11.5. The molecule has 0 saturated carbocycles. The molecular formula is C34H31BrFN3O3. The summed E-state index contributed by atoms with van der Waals surface area (Å²) >= 11 is 3.52. The third-order valence-electron chi connectivity index (χ3n) is 6.87. The van der Waals surface area contributed by atoms with Gasteiger partial charge in [-0.1, -0.05) is 54.0 Å². The first-order valence-corrected chi connectivity index (χ1v) is 14.5. The predicted molar refractivity (Wildman–Crippen MR) is 169 cm³/mol. The first-order chi connectivity index (χ1) is 20.2. The van der Waals surface area contributed by atoms with E-state index in [2.05, 4.69) is 34.9 Å². The molecule has 5 aromatic rings. The molecule has 0 amide bonds. The van der Waals surface area contributed by atoms with Gasteiger partial charge in [0.1, 0.15) is 23.9 Å². The Labute approximate surface area is 252 Å². The van der Waals surface area contributed by atoms with Gasteiger partial charge in [0.05, 0.1) is 23.7 Å². The van der Waals surface area contributed by atoms with Gasteiger partial charge in [-0.25, -0.2) is 9.37 Å². The Morgan fingerprint density at radius 3 is 2.50 bits per heavy atom. The molecule has 0 unspecified atom stereocenters. The van der Waals surface area contributed by atoms with E-state index in [1.165, 1.54) is 16.8 Å². The number of benzene rings is 4. The fourth-order valence-electron chi connectivity index (χ4n) is 4.69. The van der Waals surface area contributed by atoms with Crippen LogP contribution >= 0.6 is 15.9 Å². The van der Waals surface area contributed by atoms with Crippen LogP contribution in [0.2, 0.25) is 0 Å². The average molecular weight is 629 g/mol. The topological polar surface area (TPSA) is 65.7 Å². The van der Waals surface area contributed by atoms with Crippen LogP contribution in [-0.2, 0) is 6.61 Å². The number of hydrogen-bond donors (Lipinski definition) is 0. The summed E-state index contributed by atoms with van der Waals surface area (Å²) in [4.78, 5) is 18.8. The highest BCUT2D eigenvalue weighted by Gasteiger charge is 2.19. The van der Waals surface area contributed by atoms with E-state index in [0.717, 1.165) is 32.5 Å². The van der Waals surface area contributed by atoms with Gasteiger partial charge in [-0.2, -0.15) is 9.78 Å². The zero-order valence-electron chi connectivity index (χ0n) is 23.9. The quantitative estimate of drug-likeness (QED) is 0.154. The zero-order valence-corrected chi connectivity index (χ0v) is 25.5. The monoisotopic (exact) mass is 627 g/mol. The highest BCUT2D eigenvalue weighted by atomic mass is 79.9. The maximum absolute atomic E-state index is 13.8. The number of aryl methyl sites for hydroxylation is 1. The molecule has 0 fully saturated rings. The lowest BCUT2D eigenvalue weighted by Gasteiger charge is -2.18. The van der Waals surface area contributed by atoms with Gasteiger partial charge in [0.2, 0.25) is 0 Å². The Morgan fingerprint density at radius 2 is 1.76 bits per heavy atom. The number of halogens is 2. The van der Waals surface area contributed by atoms with Crippen molar-refractivity contribution in [1.29, 1.82) is 0 Å².